The van der Waals surface area contributed by atoms with Gasteiger partial charge in [-0.2, -0.15) is 0 Å². The van der Waals surface area contributed by atoms with Crippen LogP contribution in [0.25, 0.3) is 0 Å². The van der Waals surface area contributed by atoms with Gasteiger partial charge in [-0.25, -0.2) is 0 Å². The van der Waals surface area contributed by atoms with Gasteiger partial charge in [-0.3, -0.25) is 0 Å². The highest BCUT2D eigenvalue weighted by molar-refractivity contribution is 5.85. The summed E-state index contributed by atoms with van der Waals surface area (Å²) in [6.45, 7) is 3.99. The fourth-order valence-corrected chi connectivity index (χ4v) is 0.819. The molecule has 0 amide bonds. The predicted octanol–water partition coefficient (Wildman–Crippen LogP) is 2.48. The Balaban J connectivity index is 0.00000121. The maximum atomic E-state index is 5.50. The van der Waals surface area contributed by atoms with Gasteiger partial charge >= 0.3 is 0 Å². The molecule has 0 aliphatic heterocycles. The molecule has 0 atom stereocenters. The third kappa shape index (κ3) is 3.49. The van der Waals surface area contributed by atoms with Gasteiger partial charge in [0.05, 0.1) is 6.10 Å². The summed E-state index contributed by atoms with van der Waals surface area (Å²) in [4.78, 5) is 0. The van der Waals surface area contributed by atoms with Crippen molar-refractivity contribution in [2.45, 2.75) is 20.0 Å². The second-order valence-electron chi connectivity index (χ2n) is 2.74. The first kappa shape index (κ1) is 11.1. The molecule has 0 bridgehead atoms. The lowest BCUT2D eigenvalue weighted by atomic mass is 10.3. The Morgan fingerprint density at radius 3 is 2.08 bits per heavy atom. The maximum absolute atomic E-state index is 5.50. The molecule has 0 unspecified atom stereocenters. The molecular weight excluding hydrogens is 174 g/mol. The lowest BCUT2D eigenvalue weighted by molar-refractivity contribution is 0.242. The van der Waals surface area contributed by atoms with Crippen LogP contribution < -0.4 is 10.5 Å². The zero-order valence-electron chi connectivity index (χ0n) is 7.28. The molecule has 12 heavy (non-hydrogen) atoms. The minimum absolute atomic E-state index is 0. The van der Waals surface area contributed by atoms with E-state index in [1.165, 1.54) is 0 Å². The maximum Gasteiger partial charge on any atom is 0.119 e. The standard InChI is InChI=1S/C9H13NO.ClH/c1-7(2)11-9-5-3-8(10)4-6-9;/h3-7H,10H2,1-2H3;1H. The van der Waals surface area contributed by atoms with E-state index in [2.05, 4.69) is 0 Å². The van der Waals surface area contributed by atoms with Gasteiger partial charge in [0.25, 0.3) is 0 Å². The summed E-state index contributed by atoms with van der Waals surface area (Å²) in [5.74, 6) is 0.870. The van der Waals surface area contributed by atoms with E-state index in [4.69, 9.17) is 10.5 Å². The van der Waals surface area contributed by atoms with Crippen LogP contribution in [0, 0.1) is 0 Å². The van der Waals surface area contributed by atoms with Crippen molar-refractivity contribution in [1.29, 1.82) is 0 Å². The quantitative estimate of drug-likeness (QED) is 0.722. The monoisotopic (exact) mass is 187 g/mol. The summed E-state index contributed by atoms with van der Waals surface area (Å²) in [6.07, 6.45) is 0.221. The Bertz CT molecular complexity index is 220. The van der Waals surface area contributed by atoms with Gasteiger partial charge in [0.1, 0.15) is 5.75 Å². The Morgan fingerprint density at radius 2 is 1.67 bits per heavy atom. The van der Waals surface area contributed by atoms with Crippen LogP contribution in [-0.2, 0) is 0 Å². The van der Waals surface area contributed by atoms with Crippen molar-refractivity contribution in [3.8, 4) is 5.75 Å². The summed E-state index contributed by atoms with van der Waals surface area (Å²) in [7, 11) is 0. The van der Waals surface area contributed by atoms with Crippen LogP contribution >= 0.6 is 12.4 Å². The first-order chi connectivity index (χ1) is 5.18. The second kappa shape index (κ2) is 4.88. The van der Waals surface area contributed by atoms with E-state index < -0.39 is 0 Å². The van der Waals surface area contributed by atoms with E-state index in [0.717, 1.165) is 11.4 Å². The van der Waals surface area contributed by atoms with Crippen LogP contribution in [0.1, 0.15) is 13.8 Å². The smallest absolute Gasteiger partial charge is 0.119 e. The molecule has 0 fully saturated rings. The molecule has 2 N–H and O–H groups in total. The molecule has 1 aromatic carbocycles. The number of anilines is 1. The first-order valence-electron chi connectivity index (χ1n) is 3.70. The van der Waals surface area contributed by atoms with Crippen LogP contribution in [0.2, 0.25) is 0 Å². The molecule has 2 nitrogen and oxygen atoms in total. The fourth-order valence-electron chi connectivity index (χ4n) is 0.819. The molecule has 0 saturated heterocycles. The minimum atomic E-state index is 0. The SMILES string of the molecule is CC(C)Oc1ccc(N)cc1.Cl. The van der Waals surface area contributed by atoms with E-state index in [-0.39, 0.29) is 18.5 Å². The Kier molecular flexibility index (Phi) is 4.52. The topological polar surface area (TPSA) is 35.2 Å². The van der Waals surface area contributed by atoms with Crippen LogP contribution in [0.15, 0.2) is 24.3 Å². The summed E-state index contributed by atoms with van der Waals surface area (Å²) in [5.41, 5.74) is 6.27. The van der Waals surface area contributed by atoms with E-state index >= 15 is 0 Å². The predicted molar refractivity (Wildman–Crippen MR) is 53.9 cm³/mol. The Hall–Kier alpha value is -0.890. The van der Waals surface area contributed by atoms with Gasteiger partial charge in [0.15, 0.2) is 0 Å². The number of nitrogen functional groups attached to an aromatic ring is 1. The summed E-state index contributed by atoms with van der Waals surface area (Å²) < 4.78 is 5.41. The summed E-state index contributed by atoms with van der Waals surface area (Å²) in [5, 5.41) is 0. The number of hydrogen-bond donors (Lipinski definition) is 1. The third-order valence-electron chi connectivity index (χ3n) is 1.25. The zero-order valence-corrected chi connectivity index (χ0v) is 8.10. The number of rotatable bonds is 2. The Labute approximate surface area is 79.1 Å². The van der Waals surface area contributed by atoms with Crippen molar-refractivity contribution in [3.63, 3.8) is 0 Å². The molecule has 0 heterocycles. The van der Waals surface area contributed by atoms with Crippen LogP contribution in [0.5, 0.6) is 5.75 Å². The zero-order chi connectivity index (χ0) is 8.27. The van der Waals surface area contributed by atoms with Gasteiger partial charge in [0, 0.05) is 5.69 Å². The van der Waals surface area contributed by atoms with Crippen molar-refractivity contribution in [2.75, 3.05) is 5.73 Å². The number of ether oxygens (including phenoxy) is 1. The highest BCUT2D eigenvalue weighted by Gasteiger charge is 1.94. The average molecular weight is 188 g/mol. The summed E-state index contributed by atoms with van der Waals surface area (Å²) in [6, 6.07) is 7.40. The fraction of sp³-hybridized carbons (Fsp3) is 0.333. The van der Waals surface area contributed by atoms with Crippen molar-refractivity contribution in [3.05, 3.63) is 24.3 Å². The lowest BCUT2D eigenvalue weighted by Crippen LogP contribution is -2.05. The second-order valence-corrected chi connectivity index (χ2v) is 2.74. The highest BCUT2D eigenvalue weighted by Crippen LogP contribution is 2.14. The molecule has 0 aliphatic rings. The molecule has 0 aliphatic carbocycles. The Morgan fingerprint density at radius 1 is 1.17 bits per heavy atom. The molecule has 1 rings (SSSR count). The van der Waals surface area contributed by atoms with Crippen molar-refractivity contribution in [1.82, 2.24) is 0 Å². The molecule has 68 valence electrons. The molecule has 0 radical (unpaired) electrons. The van der Waals surface area contributed by atoms with Gasteiger partial charge < -0.3 is 10.5 Å². The van der Waals surface area contributed by atoms with Crippen molar-refractivity contribution >= 4 is 18.1 Å². The molecule has 0 aromatic heterocycles. The molecule has 1 aromatic rings. The van der Waals surface area contributed by atoms with Crippen molar-refractivity contribution < 1.29 is 4.74 Å². The normalized spacial score (nSPS) is 9.25. The van der Waals surface area contributed by atoms with Crippen LogP contribution in [-0.4, -0.2) is 6.10 Å². The summed E-state index contributed by atoms with van der Waals surface area (Å²) >= 11 is 0. The first-order valence-corrected chi connectivity index (χ1v) is 3.70. The number of benzene rings is 1. The van der Waals surface area contributed by atoms with E-state index in [1.807, 2.05) is 38.1 Å². The lowest BCUT2D eigenvalue weighted by Gasteiger charge is -2.08. The molecule has 3 heteroatoms. The number of halogens is 1. The molecular formula is C9H14ClNO. The largest absolute Gasteiger partial charge is 0.491 e. The minimum Gasteiger partial charge on any atom is -0.491 e. The number of nitrogens with two attached hydrogens (primary N) is 1. The van der Waals surface area contributed by atoms with Crippen LogP contribution in [0.3, 0.4) is 0 Å². The third-order valence-corrected chi connectivity index (χ3v) is 1.25. The number of hydrogen-bond acceptors (Lipinski definition) is 2. The molecule has 0 spiro atoms. The van der Waals surface area contributed by atoms with Crippen LogP contribution in [0.4, 0.5) is 5.69 Å². The van der Waals surface area contributed by atoms with E-state index in [1.54, 1.807) is 0 Å². The highest BCUT2D eigenvalue weighted by atomic mass is 35.5. The van der Waals surface area contributed by atoms with Gasteiger partial charge in [-0.05, 0) is 38.1 Å². The van der Waals surface area contributed by atoms with E-state index in [9.17, 15) is 0 Å². The molecule has 0 saturated carbocycles. The van der Waals surface area contributed by atoms with Gasteiger partial charge in [-0.15, -0.1) is 12.4 Å². The van der Waals surface area contributed by atoms with Gasteiger partial charge in [-0.1, -0.05) is 0 Å². The van der Waals surface area contributed by atoms with E-state index in [0.29, 0.717) is 0 Å². The van der Waals surface area contributed by atoms with Gasteiger partial charge in [0.2, 0.25) is 0 Å². The average Bonchev–Trinajstić information content (AvgIpc) is 1.93. The van der Waals surface area contributed by atoms with Crippen molar-refractivity contribution in [2.24, 2.45) is 0 Å².